The Labute approximate surface area is 323 Å². The molecule has 9 aromatic rings. The van der Waals surface area contributed by atoms with Gasteiger partial charge in [0.05, 0.1) is 5.69 Å². The summed E-state index contributed by atoms with van der Waals surface area (Å²) >= 11 is 0. The van der Waals surface area contributed by atoms with E-state index in [2.05, 4.69) is 193 Å². The summed E-state index contributed by atoms with van der Waals surface area (Å²) in [5.74, 6) is 0. The largest absolute Gasteiger partial charge is 0.454 e. The first kappa shape index (κ1) is 33.4. The van der Waals surface area contributed by atoms with Crippen LogP contribution in [0, 0.1) is 6.92 Å². The molecule has 0 bridgehead atoms. The summed E-state index contributed by atoms with van der Waals surface area (Å²) in [5, 5.41) is 7.27. The van der Waals surface area contributed by atoms with Gasteiger partial charge in [-0.3, -0.25) is 0 Å². The monoisotopic (exact) mass is 711 g/mol. The van der Waals surface area contributed by atoms with Crippen LogP contribution in [0.5, 0.6) is 0 Å². The number of furan rings is 1. The summed E-state index contributed by atoms with van der Waals surface area (Å²) in [6.07, 6.45) is 0. The fourth-order valence-corrected chi connectivity index (χ4v) is 8.53. The van der Waals surface area contributed by atoms with Crippen LogP contribution in [0.2, 0.25) is 0 Å². The van der Waals surface area contributed by atoms with Crippen molar-refractivity contribution in [3.63, 3.8) is 0 Å². The molecule has 268 valence electrons. The number of nitrogens with zero attached hydrogens (tertiary/aromatic N) is 1. The zero-order valence-electron chi connectivity index (χ0n) is 32.7. The maximum absolute atomic E-state index is 6.66. The van der Waals surface area contributed by atoms with Gasteiger partial charge in [0.15, 0.2) is 5.58 Å². The lowest BCUT2D eigenvalue weighted by atomic mass is 9.77. The summed E-state index contributed by atoms with van der Waals surface area (Å²) < 4.78 is 6.66. The summed E-state index contributed by atoms with van der Waals surface area (Å²) in [6, 6.07) is 54.2. The second kappa shape index (κ2) is 11.9. The lowest BCUT2D eigenvalue weighted by Crippen LogP contribution is -2.15. The molecule has 0 aliphatic heterocycles. The van der Waals surface area contributed by atoms with E-state index in [4.69, 9.17) is 4.42 Å². The quantitative estimate of drug-likeness (QED) is 0.181. The highest BCUT2D eigenvalue weighted by atomic mass is 16.3. The van der Waals surface area contributed by atoms with Crippen molar-refractivity contribution in [2.45, 2.75) is 59.3 Å². The summed E-state index contributed by atoms with van der Waals surface area (Å²) in [6.45, 7) is 15.9. The van der Waals surface area contributed by atoms with Crippen LogP contribution < -0.4 is 4.90 Å². The van der Waals surface area contributed by atoms with Gasteiger partial charge in [-0.1, -0.05) is 126 Å². The van der Waals surface area contributed by atoms with Crippen LogP contribution >= 0.6 is 0 Å². The molecule has 0 fully saturated rings. The van der Waals surface area contributed by atoms with Crippen molar-refractivity contribution in [2.24, 2.45) is 0 Å². The van der Waals surface area contributed by atoms with Crippen LogP contribution in [-0.4, -0.2) is 0 Å². The molecule has 1 aromatic heterocycles. The summed E-state index contributed by atoms with van der Waals surface area (Å²) in [4.78, 5) is 2.41. The molecule has 8 aromatic carbocycles. The van der Waals surface area contributed by atoms with E-state index in [9.17, 15) is 0 Å². The van der Waals surface area contributed by atoms with Gasteiger partial charge < -0.3 is 9.32 Å². The highest BCUT2D eigenvalue weighted by Crippen LogP contribution is 2.51. The number of hydrogen-bond acceptors (Lipinski definition) is 2. The molecular weight excluding hydrogens is 667 g/mol. The Kier molecular flexibility index (Phi) is 7.26. The molecule has 0 unspecified atom stereocenters. The van der Waals surface area contributed by atoms with Gasteiger partial charge in [0.1, 0.15) is 5.58 Å². The second-order valence-corrected chi connectivity index (χ2v) is 17.6. The van der Waals surface area contributed by atoms with E-state index in [1.807, 2.05) is 6.07 Å². The zero-order valence-corrected chi connectivity index (χ0v) is 32.7. The van der Waals surface area contributed by atoms with Crippen LogP contribution in [0.15, 0.2) is 150 Å². The van der Waals surface area contributed by atoms with Crippen LogP contribution in [-0.2, 0) is 10.8 Å². The van der Waals surface area contributed by atoms with Crippen molar-refractivity contribution in [1.29, 1.82) is 0 Å². The molecular formula is C53H45NO. The number of fused-ring (bicyclic) bond motifs is 9. The molecule has 0 radical (unpaired) electrons. The van der Waals surface area contributed by atoms with Gasteiger partial charge in [-0.25, -0.2) is 0 Å². The zero-order chi connectivity index (χ0) is 37.8. The first-order chi connectivity index (χ1) is 26.4. The third kappa shape index (κ3) is 5.46. The number of hydrogen-bond donors (Lipinski definition) is 0. The summed E-state index contributed by atoms with van der Waals surface area (Å²) in [5.41, 5.74) is 16.9. The molecule has 0 amide bonds. The molecule has 0 saturated heterocycles. The van der Waals surface area contributed by atoms with Crippen LogP contribution in [0.25, 0.3) is 76.9 Å². The minimum Gasteiger partial charge on any atom is -0.454 e. The third-order valence-corrected chi connectivity index (χ3v) is 11.8. The second-order valence-electron chi connectivity index (χ2n) is 17.6. The minimum absolute atomic E-state index is 0.000388. The third-order valence-electron chi connectivity index (χ3n) is 11.8. The van der Waals surface area contributed by atoms with Crippen molar-refractivity contribution < 1.29 is 4.42 Å². The fourth-order valence-electron chi connectivity index (χ4n) is 8.53. The molecule has 55 heavy (non-hydrogen) atoms. The Morgan fingerprint density at radius 1 is 0.436 bits per heavy atom. The SMILES string of the molecule is Cc1ccc(C(C)(C)C)cc1N(c1ccc2cc3c(cc2c1)-c1cc2cc(-c4ccc(C(C)(C)C)cc4)ccc2cc1-3)c1cccc2c1oc1ccccc12. The number of rotatable bonds is 4. The standard InChI is InChI=1S/C53H45NO/c1-32-15-21-40(53(5,6)7)31-49(32)54(48-13-10-12-43-42-11-8-9-14-50(42)55-51(43)48)41-24-20-36-28-45-44-27-35-17-16-34(33-18-22-39(23-19-33)52(2,3)4)25-37(35)29-46(44)47(45)30-38(36)26-41/h8-31H,1-7H3. The summed E-state index contributed by atoms with van der Waals surface area (Å²) in [7, 11) is 0. The Hall–Kier alpha value is -6.12. The van der Waals surface area contributed by atoms with Crippen LogP contribution in [0.1, 0.15) is 58.2 Å². The molecule has 0 N–H and O–H groups in total. The first-order valence-electron chi connectivity index (χ1n) is 19.5. The molecule has 1 aliphatic carbocycles. The van der Waals surface area contributed by atoms with Crippen LogP contribution in [0.3, 0.4) is 0 Å². The molecule has 2 nitrogen and oxygen atoms in total. The highest BCUT2D eigenvalue weighted by Gasteiger charge is 2.26. The first-order valence-corrected chi connectivity index (χ1v) is 19.5. The smallest absolute Gasteiger partial charge is 0.159 e. The lowest BCUT2D eigenvalue weighted by molar-refractivity contribution is 0.590. The van der Waals surface area contributed by atoms with Crippen molar-refractivity contribution in [2.75, 3.05) is 4.90 Å². The normalized spacial score (nSPS) is 12.6. The number of anilines is 3. The maximum Gasteiger partial charge on any atom is 0.159 e. The number of aryl methyl sites for hydroxylation is 1. The molecule has 0 spiro atoms. The van der Waals surface area contributed by atoms with Crippen molar-refractivity contribution in [3.05, 3.63) is 162 Å². The Balaban J connectivity index is 1.10. The van der Waals surface area contributed by atoms with Gasteiger partial charge in [0, 0.05) is 22.1 Å². The van der Waals surface area contributed by atoms with Crippen molar-refractivity contribution >= 4 is 60.5 Å². The van der Waals surface area contributed by atoms with E-state index in [0.717, 1.165) is 39.0 Å². The highest BCUT2D eigenvalue weighted by molar-refractivity contribution is 6.13. The van der Waals surface area contributed by atoms with E-state index in [0.29, 0.717) is 0 Å². The lowest BCUT2D eigenvalue weighted by Gasteiger charge is -2.30. The minimum atomic E-state index is 0.000388. The topological polar surface area (TPSA) is 16.4 Å². The number of para-hydroxylation sites is 2. The van der Waals surface area contributed by atoms with E-state index < -0.39 is 0 Å². The Morgan fingerprint density at radius 3 is 1.71 bits per heavy atom. The molecule has 1 heterocycles. The van der Waals surface area contributed by atoms with Gasteiger partial charge in [0.25, 0.3) is 0 Å². The van der Waals surface area contributed by atoms with Crippen LogP contribution in [0.4, 0.5) is 17.1 Å². The maximum atomic E-state index is 6.66. The van der Waals surface area contributed by atoms with E-state index in [1.54, 1.807) is 0 Å². The van der Waals surface area contributed by atoms with Gasteiger partial charge in [-0.05, 0) is 150 Å². The van der Waals surface area contributed by atoms with Gasteiger partial charge in [0.2, 0.25) is 0 Å². The molecule has 1 aliphatic rings. The predicted octanol–water partition coefficient (Wildman–Crippen LogP) is 15.6. The molecule has 0 atom stereocenters. The fraction of sp³-hybridized carbons (Fsp3) is 0.170. The van der Waals surface area contributed by atoms with Crippen molar-refractivity contribution in [1.82, 2.24) is 0 Å². The molecule has 0 saturated carbocycles. The van der Waals surface area contributed by atoms with Gasteiger partial charge >= 0.3 is 0 Å². The average Bonchev–Trinajstić information content (AvgIpc) is 3.56. The Morgan fingerprint density at radius 2 is 1.02 bits per heavy atom. The predicted molar refractivity (Wildman–Crippen MR) is 235 cm³/mol. The Bertz CT molecular complexity index is 3000. The van der Waals surface area contributed by atoms with E-state index in [1.165, 1.54) is 71.6 Å². The van der Waals surface area contributed by atoms with Gasteiger partial charge in [-0.2, -0.15) is 0 Å². The molecule has 2 heteroatoms. The number of benzene rings is 8. The van der Waals surface area contributed by atoms with Crippen molar-refractivity contribution in [3.8, 4) is 33.4 Å². The van der Waals surface area contributed by atoms with Gasteiger partial charge in [-0.15, -0.1) is 0 Å². The average molecular weight is 712 g/mol. The van der Waals surface area contributed by atoms with E-state index in [-0.39, 0.29) is 10.8 Å². The molecule has 10 rings (SSSR count). The van der Waals surface area contributed by atoms with E-state index >= 15 is 0 Å².